The van der Waals surface area contributed by atoms with Gasteiger partial charge in [-0.25, -0.2) is 9.67 Å². The summed E-state index contributed by atoms with van der Waals surface area (Å²) in [5, 5.41) is 8.22. The van der Waals surface area contributed by atoms with Gasteiger partial charge in [-0.05, 0) is 55.0 Å². The van der Waals surface area contributed by atoms with E-state index in [-0.39, 0.29) is 11.9 Å². The molecule has 8 nitrogen and oxygen atoms in total. The molecule has 1 N–H and O–H groups in total. The SMILES string of the molecule is CC(NC(=O)c1cc(-c2cccnc2)nc2c1cnn2Cc1ccco1)c1ccncc1. The third-order valence-corrected chi connectivity index (χ3v) is 5.25. The number of furan rings is 1. The van der Waals surface area contributed by atoms with Crippen LogP contribution < -0.4 is 5.32 Å². The van der Waals surface area contributed by atoms with Crippen molar-refractivity contribution in [1.82, 2.24) is 30.0 Å². The Morgan fingerprint density at radius 3 is 2.72 bits per heavy atom. The van der Waals surface area contributed by atoms with E-state index < -0.39 is 0 Å². The molecule has 0 aliphatic rings. The van der Waals surface area contributed by atoms with Crippen molar-refractivity contribution >= 4 is 16.9 Å². The van der Waals surface area contributed by atoms with Crippen LogP contribution in [0.15, 0.2) is 84.1 Å². The Balaban J connectivity index is 1.57. The lowest BCUT2D eigenvalue weighted by atomic mass is 10.1. The third-order valence-electron chi connectivity index (χ3n) is 5.25. The van der Waals surface area contributed by atoms with Gasteiger partial charge in [0.25, 0.3) is 5.91 Å². The van der Waals surface area contributed by atoms with E-state index in [9.17, 15) is 4.79 Å². The average Bonchev–Trinajstić information content (AvgIpc) is 3.50. The summed E-state index contributed by atoms with van der Waals surface area (Å²) < 4.78 is 7.20. The van der Waals surface area contributed by atoms with Crippen molar-refractivity contribution in [3.63, 3.8) is 0 Å². The summed E-state index contributed by atoms with van der Waals surface area (Å²) in [4.78, 5) is 26.4. The second-order valence-electron chi connectivity index (χ2n) is 7.39. The molecule has 1 unspecified atom stereocenters. The van der Waals surface area contributed by atoms with E-state index >= 15 is 0 Å². The summed E-state index contributed by atoms with van der Waals surface area (Å²) in [7, 11) is 0. The van der Waals surface area contributed by atoms with E-state index in [0.29, 0.717) is 28.8 Å². The molecule has 8 heteroatoms. The summed E-state index contributed by atoms with van der Waals surface area (Å²) in [6.07, 6.45) is 10.1. The lowest BCUT2D eigenvalue weighted by molar-refractivity contribution is 0.0941. The van der Waals surface area contributed by atoms with Gasteiger partial charge < -0.3 is 9.73 Å². The first-order valence-electron chi connectivity index (χ1n) is 10.2. The number of carbonyl (C=O) groups is 1. The van der Waals surface area contributed by atoms with E-state index in [1.54, 1.807) is 48.0 Å². The van der Waals surface area contributed by atoms with E-state index in [1.165, 1.54) is 0 Å². The molecule has 158 valence electrons. The Morgan fingerprint density at radius 1 is 1.09 bits per heavy atom. The van der Waals surface area contributed by atoms with Crippen LogP contribution in [0.4, 0.5) is 0 Å². The maximum Gasteiger partial charge on any atom is 0.252 e. The highest BCUT2D eigenvalue weighted by Crippen LogP contribution is 2.26. The molecule has 5 aromatic heterocycles. The molecular formula is C24H20N6O2. The molecule has 32 heavy (non-hydrogen) atoms. The van der Waals surface area contributed by atoms with Gasteiger partial charge in [0.05, 0.1) is 35.1 Å². The third kappa shape index (κ3) is 3.85. The molecule has 0 bridgehead atoms. The number of hydrogen-bond acceptors (Lipinski definition) is 6. The van der Waals surface area contributed by atoms with E-state index in [4.69, 9.17) is 9.40 Å². The van der Waals surface area contributed by atoms with Gasteiger partial charge in [0.1, 0.15) is 12.3 Å². The summed E-state index contributed by atoms with van der Waals surface area (Å²) >= 11 is 0. The molecule has 5 rings (SSSR count). The molecular weight excluding hydrogens is 404 g/mol. The molecule has 1 amide bonds. The maximum absolute atomic E-state index is 13.3. The monoisotopic (exact) mass is 424 g/mol. The minimum Gasteiger partial charge on any atom is -0.467 e. The molecule has 1 atom stereocenters. The second-order valence-corrected chi connectivity index (χ2v) is 7.39. The van der Waals surface area contributed by atoms with Crippen molar-refractivity contribution in [2.24, 2.45) is 0 Å². The van der Waals surface area contributed by atoms with Gasteiger partial charge in [-0.2, -0.15) is 5.10 Å². The number of pyridine rings is 3. The Kier molecular flexibility index (Phi) is 5.17. The van der Waals surface area contributed by atoms with Gasteiger partial charge in [-0.1, -0.05) is 0 Å². The molecule has 0 saturated heterocycles. The first-order valence-corrected chi connectivity index (χ1v) is 10.2. The van der Waals surface area contributed by atoms with Crippen molar-refractivity contribution in [1.29, 1.82) is 0 Å². The largest absolute Gasteiger partial charge is 0.467 e. The molecule has 0 radical (unpaired) electrons. The predicted molar refractivity (Wildman–Crippen MR) is 119 cm³/mol. The highest BCUT2D eigenvalue weighted by atomic mass is 16.3. The van der Waals surface area contributed by atoms with Crippen molar-refractivity contribution in [2.45, 2.75) is 19.5 Å². The Labute approximate surface area is 184 Å². The second kappa shape index (κ2) is 8.43. The molecule has 0 fully saturated rings. The standard InChI is InChI=1S/C24H20N6O2/c1-16(17-6-9-25-10-7-17)28-24(31)20-12-22(18-4-2-8-26-13-18)29-23-21(20)14-27-30(23)15-19-5-3-11-32-19/h2-14,16H,15H2,1H3,(H,28,31). The van der Waals surface area contributed by atoms with Gasteiger partial charge in [0, 0.05) is 30.4 Å². The highest BCUT2D eigenvalue weighted by Gasteiger charge is 2.20. The zero-order valence-corrected chi connectivity index (χ0v) is 17.3. The number of hydrogen-bond donors (Lipinski definition) is 1. The van der Waals surface area contributed by atoms with Crippen molar-refractivity contribution in [2.75, 3.05) is 0 Å². The number of amides is 1. The lowest BCUT2D eigenvalue weighted by Crippen LogP contribution is -2.27. The quantitative estimate of drug-likeness (QED) is 0.442. The summed E-state index contributed by atoms with van der Waals surface area (Å²) in [5.74, 6) is 0.547. The van der Waals surface area contributed by atoms with E-state index in [1.807, 2.05) is 43.3 Å². The zero-order chi connectivity index (χ0) is 21.9. The van der Waals surface area contributed by atoms with Crippen molar-refractivity contribution < 1.29 is 9.21 Å². The number of fused-ring (bicyclic) bond motifs is 1. The molecule has 0 spiro atoms. The lowest BCUT2D eigenvalue weighted by Gasteiger charge is -2.15. The van der Waals surface area contributed by atoms with Crippen LogP contribution in [0, 0.1) is 0 Å². The number of nitrogens with one attached hydrogen (secondary N) is 1. The van der Waals surface area contributed by atoms with Gasteiger partial charge in [0.2, 0.25) is 0 Å². The Morgan fingerprint density at radius 2 is 1.97 bits per heavy atom. The van der Waals surface area contributed by atoms with Crippen LogP contribution in [0.25, 0.3) is 22.3 Å². The van der Waals surface area contributed by atoms with Crippen LogP contribution in [0.3, 0.4) is 0 Å². The summed E-state index contributed by atoms with van der Waals surface area (Å²) in [5.41, 5.74) is 3.54. The molecule has 5 heterocycles. The summed E-state index contributed by atoms with van der Waals surface area (Å²) in [6, 6.07) is 12.8. The molecule has 5 aromatic rings. The number of aromatic nitrogens is 5. The van der Waals surface area contributed by atoms with Crippen molar-refractivity contribution in [3.05, 3.63) is 96.6 Å². The average molecular weight is 424 g/mol. The topological polar surface area (TPSA) is 98.7 Å². The van der Waals surface area contributed by atoms with E-state index in [0.717, 1.165) is 16.9 Å². The molecule has 0 saturated carbocycles. The summed E-state index contributed by atoms with van der Waals surface area (Å²) in [6.45, 7) is 2.35. The Hall–Kier alpha value is -4.33. The number of carbonyl (C=O) groups excluding carboxylic acids is 1. The van der Waals surface area contributed by atoms with Gasteiger partial charge in [-0.3, -0.25) is 14.8 Å². The van der Waals surface area contributed by atoms with Crippen LogP contribution in [0.1, 0.15) is 34.6 Å². The fraction of sp³-hybridized carbons (Fsp3) is 0.125. The van der Waals surface area contributed by atoms with Gasteiger partial charge >= 0.3 is 0 Å². The fourth-order valence-electron chi connectivity index (χ4n) is 3.57. The van der Waals surface area contributed by atoms with Gasteiger partial charge in [-0.15, -0.1) is 0 Å². The van der Waals surface area contributed by atoms with Crippen LogP contribution >= 0.6 is 0 Å². The molecule has 0 aliphatic carbocycles. The molecule has 0 aliphatic heterocycles. The van der Waals surface area contributed by atoms with E-state index in [2.05, 4.69) is 20.4 Å². The fourth-order valence-corrected chi connectivity index (χ4v) is 3.57. The van der Waals surface area contributed by atoms with Crippen molar-refractivity contribution in [3.8, 4) is 11.3 Å². The predicted octanol–water partition coefficient (Wildman–Crippen LogP) is 4.02. The first-order chi connectivity index (χ1) is 15.7. The number of nitrogens with zero attached hydrogens (tertiary/aromatic N) is 5. The first kappa shape index (κ1) is 19.6. The van der Waals surface area contributed by atoms with Crippen LogP contribution in [-0.2, 0) is 6.54 Å². The number of rotatable bonds is 6. The maximum atomic E-state index is 13.3. The van der Waals surface area contributed by atoms with Crippen LogP contribution in [-0.4, -0.2) is 30.6 Å². The van der Waals surface area contributed by atoms with Crippen LogP contribution in [0.2, 0.25) is 0 Å². The Bertz CT molecular complexity index is 1350. The highest BCUT2D eigenvalue weighted by molar-refractivity contribution is 6.06. The smallest absolute Gasteiger partial charge is 0.252 e. The van der Waals surface area contributed by atoms with Gasteiger partial charge in [0.15, 0.2) is 5.65 Å². The minimum atomic E-state index is -0.204. The van der Waals surface area contributed by atoms with Crippen LogP contribution in [0.5, 0.6) is 0 Å². The zero-order valence-electron chi connectivity index (χ0n) is 17.3. The normalized spacial score (nSPS) is 12.0. The minimum absolute atomic E-state index is 0.186. The molecule has 0 aromatic carbocycles.